The quantitative estimate of drug-likeness (QED) is 0.699. The monoisotopic (exact) mass is 273 g/mol. The number of rotatable bonds is 2. The third kappa shape index (κ3) is 2.36. The average Bonchev–Trinajstić information content (AvgIpc) is 2.69. The molecular weight excluding hydrogens is 253 g/mol. The van der Waals surface area contributed by atoms with Gasteiger partial charge in [-0.05, 0) is 33.2 Å². The van der Waals surface area contributed by atoms with Gasteiger partial charge >= 0.3 is 7.12 Å². The molecule has 7 heteroatoms. The second-order valence-electron chi connectivity index (χ2n) is 5.92. The van der Waals surface area contributed by atoms with Gasteiger partial charge in [-0.1, -0.05) is 6.08 Å². The Labute approximate surface area is 109 Å². The summed E-state index contributed by atoms with van der Waals surface area (Å²) < 4.78 is 36.1. The summed E-state index contributed by atoms with van der Waals surface area (Å²) in [6.45, 7) is 8.69. The first-order valence-corrected chi connectivity index (χ1v) is 7.87. The van der Waals surface area contributed by atoms with Crippen molar-refractivity contribution in [3.63, 3.8) is 0 Å². The standard InChI is InChI=1S/C11H20BNO4S/c1-10(2)11(3,4)17-12(16-10)9-6-7-13(8-9)18(5,14)15/h6H,7-8H2,1-5H3. The highest BCUT2D eigenvalue weighted by Crippen LogP contribution is 2.39. The Balaban J connectivity index is 2.09. The van der Waals surface area contributed by atoms with Crippen molar-refractivity contribution in [1.82, 2.24) is 4.31 Å². The van der Waals surface area contributed by atoms with E-state index in [1.54, 1.807) is 0 Å². The lowest BCUT2D eigenvalue weighted by Gasteiger charge is -2.32. The van der Waals surface area contributed by atoms with E-state index in [1.807, 2.05) is 33.8 Å². The molecule has 2 aliphatic rings. The summed E-state index contributed by atoms with van der Waals surface area (Å²) in [4.78, 5) is 0. The molecule has 0 aromatic rings. The maximum atomic E-state index is 11.5. The molecule has 0 atom stereocenters. The SMILES string of the molecule is CC1(C)OB(C2=CCN(S(C)(=O)=O)C2)OC1(C)C. The predicted molar refractivity (Wildman–Crippen MR) is 70.6 cm³/mol. The van der Waals surface area contributed by atoms with Crippen molar-refractivity contribution in [2.24, 2.45) is 0 Å². The second-order valence-corrected chi connectivity index (χ2v) is 7.91. The number of hydrogen-bond acceptors (Lipinski definition) is 4. The molecule has 0 aliphatic carbocycles. The molecule has 102 valence electrons. The Bertz CT molecular complexity index is 467. The zero-order valence-corrected chi connectivity index (χ0v) is 12.4. The summed E-state index contributed by atoms with van der Waals surface area (Å²) in [5.41, 5.74) is 0.104. The van der Waals surface area contributed by atoms with Crippen LogP contribution >= 0.6 is 0 Å². The van der Waals surface area contributed by atoms with E-state index in [4.69, 9.17) is 9.31 Å². The Morgan fingerprint density at radius 1 is 1.22 bits per heavy atom. The molecule has 0 amide bonds. The van der Waals surface area contributed by atoms with Crippen molar-refractivity contribution >= 4 is 17.1 Å². The zero-order chi connectivity index (χ0) is 13.8. The van der Waals surface area contributed by atoms with Gasteiger partial charge in [0.05, 0.1) is 17.5 Å². The van der Waals surface area contributed by atoms with Crippen LogP contribution in [0.3, 0.4) is 0 Å². The van der Waals surface area contributed by atoms with Gasteiger partial charge in [0.15, 0.2) is 0 Å². The molecule has 0 unspecified atom stereocenters. The second kappa shape index (κ2) is 4.06. The van der Waals surface area contributed by atoms with Crippen LogP contribution in [0.25, 0.3) is 0 Å². The van der Waals surface area contributed by atoms with Crippen molar-refractivity contribution in [2.75, 3.05) is 19.3 Å². The van der Waals surface area contributed by atoms with E-state index in [0.717, 1.165) is 5.47 Å². The molecule has 0 N–H and O–H groups in total. The molecular formula is C11H20BNO4S. The Morgan fingerprint density at radius 2 is 1.72 bits per heavy atom. The Morgan fingerprint density at radius 3 is 2.11 bits per heavy atom. The fraction of sp³-hybridized carbons (Fsp3) is 0.818. The normalized spacial score (nSPS) is 27.6. The average molecular weight is 273 g/mol. The van der Waals surface area contributed by atoms with Gasteiger partial charge in [-0.3, -0.25) is 0 Å². The molecule has 2 rings (SSSR count). The molecule has 0 aromatic carbocycles. The van der Waals surface area contributed by atoms with Gasteiger partial charge in [-0.25, -0.2) is 8.42 Å². The minimum Gasteiger partial charge on any atom is -0.400 e. The van der Waals surface area contributed by atoms with Gasteiger partial charge in [0.25, 0.3) is 0 Å². The maximum Gasteiger partial charge on any atom is 0.491 e. The summed E-state index contributed by atoms with van der Waals surface area (Å²) in [5.74, 6) is 0. The number of sulfonamides is 1. The smallest absolute Gasteiger partial charge is 0.400 e. The summed E-state index contributed by atoms with van der Waals surface area (Å²) in [5, 5.41) is 0. The van der Waals surface area contributed by atoms with E-state index in [9.17, 15) is 8.42 Å². The fourth-order valence-corrected chi connectivity index (χ4v) is 2.70. The summed E-state index contributed by atoms with van der Waals surface area (Å²) in [7, 11) is -3.60. The lowest BCUT2D eigenvalue weighted by Crippen LogP contribution is -2.41. The van der Waals surface area contributed by atoms with E-state index in [-0.39, 0.29) is 0 Å². The van der Waals surface area contributed by atoms with Crippen LogP contribution in [-0.2, 0) is 19.3 Å². The molecule has 5 nitrogen and oxygen atoms in total. The summed E-state index contributed by atoms with van der Waals surface area (Å²) >= 11 is 0. The van der Waals surface area contributed by atoms with Crippen LogP contribution in [0.1, 0.15) is 27.7 Å². The van der Waals surface area contributed by atoms with Crippen LogP contribution in [0.5, 0.6) is 0 Å². The van der Waals surface area contributed by atoms with Gasteiger partial charge in [0.1, 0.15) is 0 Å². The predicted octanol–water partition coefficient (Wildman–Crippen LogP) is 0.819. The summed E-state index contributed by atoms with van der Waals surface area (Å²) in [6.07, 6.45) is 3.09. The van der Waals surface area contributed by atoms with E-state index >= 15 is 0 Å². The maximum absolute atomic E-state index is 11.5. The molecule has 2 aliphatic heterocycles. The van der Waals surface area contributed by atoms with Gasteiger partial charge in [0, 0.05) is 13.1 Å². The van der Waals surface area contributed by atoms with Crippen molar-refractivity contribution in [1.29, 1.82) is 0 Å². The Kier molecular flexibility index (Phi) is 3.17. The van der Waals surface area contributed by atoms with Gasteiger partial charge in [-0.15, -0.1) is 0 Å². The molecule has 2 heterocycles. The highest BCUT2D eigenvalue weighted by atomic mass is 32.2. The highest BCUT2D eigenvalue weighted by Gasteiger charge is 2.53. The van der Waals surface area contributed by atoms with Crippen LogP contribution in [0.2, 0.25) is 0 Å². The first kappa shape index (κ1) is 14.1. The topological polar surface area (TPSA) is 55.8 Å². The molecule has 0 spiro atoms. The molecule has 0 bridgehead atoms. The van der Waals surface area contributed by atoms with Gasteiger partial charge in [-0.2, -0.15) is 4.31 Å². The molecule has 1 fully saturated rings. The fourth-order valence-electron chi connectivity index (χ4n) is 1.97. The van der Waals surface area contributed by atoms with E-state index < -0.39 is 28.3 Å². The number of hydrogen-bond donors (Lipinski definition) is 0. The molecule has 1 saturated heterocycles. The van der Waals surface area contributed by atoms with Crippen LogP contribution in [0.15, 0.2) is 11.5 Å². The number of nitrogens with zero attached hydrogens (tertiary/aromatic N) is 1. The van der Waals surface area contributed by atoms with Crippen molar-refractivity contribution in [2.45, 2.75) is 38.9 Å². The third-order valence-corrected chi connectivity index (χ3v) is 5.16. The van der Waals surface area contributed by atoms with E-state index in [1.165, 1.54) is 10.6 Å². The molecule has 0 saturated carbocycles. The molecule has 0 radical (unpaired) electrons. The largest absolute Gasteiger partial charge is 0.491 e. The third-order valence-electron chi connectivity index (χ3n) is 3.94. The highest BCUT2D eigenvalue weighted by molar-refractivity contribution is 7.88. The Hall–Kier alpha value is -0.365. The molecule has 18 heavy (non-hydrogen) atoms. The first-order chi connectivity index (χ1) is 8.03. The zero-order valence-electron chi connectivity index (χ0n) is 11.6. The lowest BCUT2D eigenvalue weighted by molar-refractivity contribution is 0.00578. The minimum absolute atomic E-state index is 0.357. The molecule has 0 aromatic heterocycles. The summed E-state index contributed by atoms with van der Waals surface area (Å²) in [6, 6.07) is 0. The van der Waals surface area contributed by atoms with Crippen LogP contribution < -0.4 is 0 Å². The van der Waals surface area contributed by atoms with Gasteiger partial charge in [0.2, 0.25) is 10.0 Å². The first-order valence-electron chi connectivity index (χ1n) is 6.03. The minimum atomic E-state index is -3.15. The van der Waals surface area contributed by atoms with Crippen molar-refractivity contribution in [3.05, 3.63) is 11.5 Å². The van der Waals surface area contributed by atoms with E-state index in [0.29, 0.717) is 13.1 Å². The van der Waals surface area contributed by atoms with Crippen molar-refractivity contribution < 1.29 is 17.7 Å². The van der Waals surface area contributed by atoms with E-state index in [2.05, 4.69) is 0 Å². The van der Waals surface area contributed by atoms with Crippen LogP contribution in [-0.4, -0.2) is 50.4 Å². The lowest BCUT2D eigenvalue weighted by atomic mass is 9.79. The van der Waals surface area contributed by atoms with Crippen molar-refractivity contribution in [3.8, 4) is 0 Å². The van der Waals surface area contributed by atoms with Crippen LogP contribution in [0, 0.1) is 0 Å². The van der Waals surface area contributed by atoms with Gasteiger partial charge < -0.3 is 9.31 Å². The van der Waals surface area contributed by atoms with Crippen LogP contribution in [0.4, 0.5) is 0 Å².